The molecule has 1 aromatic heterocycles. The van der Waals surface area contributed by atoms with Gasteiger partial charge in [0.05, 0.1) is 6.61 Å². The Hall–Kier alpha value is -1.61. The van der Waals surface area contributed by atoms with Crippen LogP contribution in [0.15, 0.2) is 36.5 Å². The van der Waals surface area contributed by atoms with Gasteiger partial charge < -0.3 is 10.1 Å². The van der Waals surface area contributed by atoms with E-state index in [2.05, 4.69) is 29.4 Å². The van der Waals surface area contributed by atoms with E-state index >= 15 is 0 Å². The molecule has 0 bridgehead atoms. The van der Waals surface area contributed by atoms with Gasteiger partial charge in [-0.3, -0.25) is 4.98 Å². The number of fused-ring (bicyclic) bond motifs is 1. The summed E-state index contributed by atoms with van der Waals surface area (Å²) in [6, 6.07) is 10.7. The van der Waals surface area contributed by atoms with Gasteiger partial charge in [0.25, 0.3) is 0 Å². The third-order valence-corrected chi connectivity index (χ3v) is 3.38. The first-order chi connectivity index (χ1) is 9.31. The number of nitrogens with zero attached hydrogens (tertiary/aromatic N) is 1. The van der Waals surface area contributed by atoms with E-state index in [4.69, 9.17) is 4.74 Å². The van der Waals surface area contributed by atoms with Gasteiger partial charge in [-0.05, 0) is 45.4 Å². The summed E-state index contributed by atoms with van der Waals surface area (Å²) in [5, 5.41) is 4.38. The van der Waals surface area contributed by atoms with E-state index in [-0.39, 0.29) is 0 Å². The van der Waals surface area contributed by atoms with Crippen molar-refractivity contribution in [3.05, 3.63) is 36.5 Å². The van der Waals surface area contributed by atoms with Gasteiger partial charge >= 0.3 is 0 Å². The number of para-hydroxylation sites is 1. The lowest BCUT2D eigenvalue weighted by Gasteiger charge is -2.11. The minimum absolute atomic E-state index is 0.583. The average molecular weight is 258 g/mol. The fraction of sp³-hybridized carbons (Fsp3) is 0.438. The van der Waals surface area contributed by atoms with Crippen molar-refractivity contribution >= 4 is 10.9 Å². The van der Waals surface area contributed by atoms with Crippen LogP contribution in [0.4, 0.5) is 0 Å². The van der Waals surface area contributed by atoms with E-state index in [0.29, 0.717) is 6.04 Å². The molecule has 0 saturated carbocycles. The molecule has 2 rings (SSSR count). The lowest BCUT2D eigenvalue weighted by molar-refractivity contribution is 0.305. The highest BCUT2D eigenvalue weighted by Crippen LogP contribution is 2.23. The van der Waals surface area contributed by atoms with Crippen molar-refractivity contribution in [2.24, 2.45) is 0 Å². The van der Waals surface area contributed by atoms with Gasteiger partial charge in [-0.1, -0.05) is 18.2 Å². The van der Waals surface area contributed by atoms with Crippen LogP contribution in [0.5, 0.6) is 5.75 Å². The van der Waals surface area contributed by atoms with Gasteiger partial charge in [0.15, 0.2) is 0 Å². The van der Waals surface area contributed by atoms with Crippen molar-refractivity contribution in [3.8, 4) is 5.75 Å². The Morgan fingerprint density at radius 2 is 2.05 bits per heavy atom. The number of hydrogen-bond donors (Lipinski definition) is 1. The van der Waals surface area contributed by atoms with E-state index in [1.165, 1.54) is 12.8 Å². The normalized spacial score (nSPS) is 12.5. The van der Waals surface area contributed by atoms with Gasteiger partial charge in [0, 0.05) is 17.6 Å². The summed E-state index contributed by atoms with van der Waals surface area (Å²) < 4.78 is 5.85. The molecule has 0 aliphatic rings. The minimum atomic E-state index is 0.583. The molecule has 1 heterocycles. The largest absolute Gasteiger partial charge is 0.491 e. The Balaban J connectivity index is 1.85. The number of rotatable bonds is 7. The SMILES string of the molecule is CNC(C)CCCCOc1cccc2cccnc12. The van der Waals surface area contributed by atoms with Crippen LogP contribution in [-0.2, 0) is 0 Å². The van der Waals surface area contributed by atoms with Crippen molar-refractivity contribution in [2.45, 2.75) is 32.2 Å². The third kappa shape index (κ3) is 3.93. The van der Waals surface area contributed by atoms with Crippen LogP contribution in [0, 0.1) is 0 Å². The molecular weight excluding hydrogens is 236 g/mol. The Morgan fingerprint density at radius 3 is 2.89 bits per heavy atom. The predicted octanol–water partition coefficient (Wildman–Crippen LogP) is 3.39. The lowest BCUT2D eigenvalue weighted by Crippen LogP contribution is -2.20. The molecule has 19 heavy (non-hydrogen) atoms. The van der Waals surface area contributed by atoms with Crippen LogP contribution in [0.1, 0.15) is 26.2 Å². The second-order valence-corrected chi connectivity index (χ2v) is 4.87. The highest BCUT2D eigenvalue weighted by molar-refractivity contribution is 5.84. The summed E-state index contributed by atoms with van der Waals surface area (Å²) in [6.45, 7) is 2.96. The Kier molecular flexibility index (Phi) is 5.16. The Bertz CT molecular complexity index is 508. The van der Waals surface area contributed by atoms with Gasteiger partial charge in [0.2, 0.25) is 0 Å². The molecule has 0 fully saturated rings. The summed E-state index contributed by atoms with van der Waals surface area (Å²) in [5.74, 6) is 0.889. The highest BCUT2D eigenvalue weighted by atomic mass is 16.5. The molecule has 3 heteroatoms. The second-order valence-electron chi connectivity index (χ2n) is 4.87. The van der Waals surface area contributed by atoms with Gasteiger partial charge in [-0.2, -0.15) is 0 Å². The Labute approximate surface area is 115 Å². The van der Waals surface area contributed by atoms with Crippen LogP contribution >= 0.6 is 0 Å². The first-order valence-corrected chi connectivity index (χ1v) is 6.95. The number of pyridine rings is 1. The molecule has 1 atom stereocenters. The standard InChI is InChI=1S/C16H22N2O/c1-13(17-2)7-3-4-12-19-15-10-5-8-14-9-6-11-18-16(14)15/h5-6,8-11,13,17H,3-4,7,12H2,1-2H3. The summed E-state index contributed by atoms with van der Waals surface area (Å²) >= 11 is 0. The topological polar surface area (TPSA) is 34.1 Å². The van der Waals surface area contributed by atoms with Crippen molar-refractivity contribution in [2.75, 3.05) is 13.7 Å². The average Bonchev–Trinajstić information content (AvgIpc) is 2.46. The van der Waals surface area contributed by atoms with Crippen molar-refractivity contribution in [3.63, 3.8) is 0 Å². The molecule has 3 nitrogen and oxygen atoms in total. The molecule has 102 valence electrons. The van der Waals surface area contributed by atoms with Crippen LogP contribution in [0.2, 0.25) is 0 Å². The smallest absolute Gasteiger partial charge is 0.145 e. The Morgan fingerprint density at radius 1 is 1.21 bits per heavy atom. The minimum Gasteiger partial charge on any atom is -0.491 e. The van der Waals surface area contributed by atoms with Crippen LogP contribution in [0.25, 0.3) is 10.9 Å². The quantitative estimate of drug-likeness (QED) is 0.773. The molecule has 0 radical (unpaired) electrons. The monoisotopic (exact) mass is 258 g/mol. The van der Waals surface area contributed by atoms with Crippen molar-refractivity contribution in [1.82, 2.24) is 10.3 Å². The molecule has 1 N–H and O–H groups in total. The molecule has 1 aromatic carbocycles. The molecule has 0 saturated heterocycles. The molecular formula is C16H22N2O. The number of ether oxygens (including phenoxy) is 1. The van der Waals surface area contributed by atoms with Crippen LogP contribution in [-0.4, -0.2) is 24.7 Å². The number of aromatic nitrogens is 1. The molecule has 0 amide bonds. The van der Waals surface area contributed by atoms with Crippen molar-refractivity contribution < 1.29 is 4.74 Å². The summed E-state index contributed by atoms with van der Waals surface area (Å²) in [6.07, 6.45) is 5.26. The fourth-order valence-corrected chi connectivity index (χ4v) is 2.07. The van der Waals surface area contributed by atoms with E-state index in [1.807, 2.05) is 31.4 Å². The van der Waals surface area contributed by atoms with Gasteiger partial charge in [-0.15, -0.1) is 0 Å². The van der Waals surface area contributed by atoms with Crippen LogP contribution < -0.4 is 10.1 Å². The zero-order valence-corrected chi connectivity index (χ0v) is 11.7. The summed E-state index contributed by atoms with van der Waals surface area (Å²) in [4.78, 5) is 4.39. The highest BCUT2D eigenvalue weighted by Gasteiger charge is 2.02. The zero-order valence-electron chi connectivity index (χ0n) is 11.7. The number of unbranched alkanes of at least 4 members (excludes halogenated alkanes) is 1. The maximum absolute atomic E-state index is 5.85. The summed E-state index contributed by atoms with van der Waals surface area (Å²) in [5.41, 5.74) is 0.952. The third-order valence-electron chi connectivity index (χ3n) is 3.38. The number of nitrogens with one attached hydrogen (secondary N) is 1. The van der Waals surface area contributed by atoms with E-state index < -0.39 is 0 Å². The zero-order chi connectivity index (χ0) is 13.5. The first kappa shape index (κ1) is 13.8. The van der Waals surface area contributed by atoms with E-state index in [9.17, 15) is 0 Å². The van der Waals surface area contributed by atoms with Gasteiger partial charge in [-0.25, -0.2) is 0 Å². The second kappa shape index (κ2) is 7.10. The van der Waals surface area contributed by atoms with E-state index in [0.717, 1.165) is 29.7 Å². The number of benzene rings is 1. The maximum atomic E-state index is 5.85. The van der Waals surface area contributed by atoms with Gasteiger partial charge in [0.1, 0.15) is 11.3 Å². The molecule has 0 spiro atoms. The molecule has 1 unspecified atom stereocenters. The van der Waals surface area contributed by atoms with E-state index in [1.54, 1.807) is 0 Å². The maximum Gasteiger partial charge on any atom is 0.145 e. The molecule has 2 aromatic rings. The van der Waals surface area contributed by atoms with Crippen LogP contribution in [0.3, 0.4) is 0 Å². The van der Waals surface area contributed by atoms with Crippen molar-refractivity contribution in [1.29, 1.82) is 0 Å². The lowest BCUT2D eigenvalue weighted by atomic mass is 10.1. The first-order valence-electron chi connectivity index (χ1n) is 6.95. The molecule has 0 aliphatic carbocycles. The number of hydrogen-bond acceptors (Lipinski definition) is 3. The summed E-state index contributed by atoms with van der Waals surface area (Å²) in [7, 11) is 2.00. The molecule has 0 aliphatic heterocycles. The fourth-order valence-electron chi connectivity index (χ4n) is 2.07. The predicted molar refractivity (Wildman–Crippen MR) is 79.6 cm³/mol.